The molecule has 0 unspecified atom stereocenters. The average Bonchev–Trinajstić information content (AvgIpc) is 2.73. The Morgan fingerprint density at radius 3 is 2.03 bits per heavy atom. The molecule has 0 atom stereocenters. The summed E-state index contributed by atoms with van der Waals surface area (Å²) in [5.74, 6) is 2.97. The SMILES string of the molecule is CCCSc1ccc(C(=O)/C=C/c2cc(OCC)c(OCC)cc2OCC)cc1. The van der Waals surface area contributed by atoms with Gasteiger partial charge in [0.05, 0.1) is 19.8 Å². The molecule has 0 aliphatic rings. The Morgan fingerprint density at radius 1 is 0.862 bits per heavy atom. The molecule has 29 heavy (non-hydrogen) atoms. The minimum atomic E-state index is -0.0497. The smallest absolute Gasteiger partial charge is 0.185 e. The fraction of sp³-hybridized carbons (Fsp3) is 0.375. The second-order valence-corrected chi connectivity index (χ2v) is 7.37. The zero-order valence-corrected chi connectivity index (χ0v) is 18.5. The van der Waals surface area contributed by atoms with Crippen molar-refractivity contribution in [2.45, 2.75) is 39.0 Å². The highest BCUT2D eigenvalue weighted by Gasteiger charge is 2.12. The normalized spacial score (nSPS) is 10.9. The first kappa shape index (κ1) is 22.9. The fourth-order valence-electron chi connectivity index (χ4n) is 2.70. The van der Waals surface area contributed by atoms with E-state index in [1.165, 1.54) is 4.90 Å². The highest BCUT2D eigenvalue weighted by atomic mass is 32.2. The van der Waals surface area contributed by atoms with Crippen molar-refractivity contribution in [1.82, 2.24) is 0 Å². The van der Waals surface area contributed by atoms with Crippen molar-refractivity contribution in [2.75, 3.05) is 25.6 Å². The van der Waals surface area contributed by atoms with Crippen LogP contribution < -0.4 is 14.2 Å². The minimum Gasteiger partial charge on any atom is -0.493 e. The number of benzene rings is 2. The zero-order valence-electron chi connectivity index (χ0n) is 17.7. The van der Waals surface area contributed by atoms with E-state index in [1.54, 1.807) is 23.9 Å². The van der Waals surface area contributed by atoms with Crippen LogP contribution in [0.5, 0.6) is 17.2 Å². The quantitative estimate of drug-likeness (QED) is 0.232. The highest BCUT2D eigenvalue weighted by molar-refractivity contribution is 7.99. The number of carbonyl (C=O) groups excluding carboxylic acids is 1. The third-order valence-electron chi connectivity index (χ3n) is 4.00. The van der Waals surface area contributed by atoms with Gasteiger partial charge in [-0.1, -0.05) is 6.92 Å². The molecule has 0 aromatic heterocycles. The molecule has 5 heteroatoms. The summed E-state index contributed by atoms with van der Waals surface area (Å²) >= 11 is 1.80. The van der Waals surface area contributed by atoms with Gasteiger partial charge in [-0.05, 0) is 75.4 Å². The van der Waals surface area contributed by atoms with Crippen LogP contribution in [0.3, 0.4) is 0 Å². The van der Waals surface area contributed by atoms with Crippen LogP contribution in [0, 0.1) is 0 Å². The van der Waals surface area contributed by atoms with Crippen molar-refractivity contribution in [3.8, 4) is 17.2 Å². The summed E-state index contributed by atoms with van der Waals surface area (Å²) in [7, 11) is 0. The molecule has 2 aromatic rings. The van der Waals surface area contributed by atoms with Gasteiger partial charge in [0.1, 0.15) is 5.75 Å². The molecule has 0 aliphatic carbocycles. The zero-order chi connectivity index (χ0) is 21.1. The standard InChI is InChI=1S/C24H30O4S/c1-5-15-29-20-12-9-18(10-13-20)21(25)14-11-19-16-23(27-7-3)24(28-8-4)17-22(19)26-6-2/h9-14,16-17H,5-8,15H2,1-4H3/b14-11+. The molecule has 0 fully saturated rings. The third kappa shape index (κ3) is 6.86. The first-order chi connectivity index (χ1) is 14.1. The Labute approximate surface area is 178 Å². The largest absolute Gasteiger partial charge is 0.493 e. The molecular formula is C24H30O4S. The van der Waals surface area contributed by atoms with Crippen LogP contribution in [0.15, 0.2) is 47.4 Å². The Kier molecular flexibility index (Phi) is 9.65. The summed E-state index contributed by atoms with van der Waals surface area (Å²) in [5, 5.41) is 0. The molecule has 2 rings (SSSR count). The van der Waals surface area contributed by atoms with Crippen molar-refractivity contribution in [3.05, 3.63) is 53.6 Å². The lowest BCUT2D eigenvalue weighted by atomic mass is 10.1. The maximum absolute atomic E-state index is 12.6. The maximum Gasteiger partial charge on any atom is 0.185 e. The first-order valence-electron chi connectivity index (χ1n) is 10.1. The van der Waals surface area contributed by atoms with Crippen molar-refractivity contribution in [3.63, 3.8) is 0 Å². The van der Waals surface area contributed by atoms with Crippen molar-refractivity contribution >= 4 is 23.6 Å². The number of rotatable bonds is 12. The summed E-state index contributed by atoms with van der Waals surface area (Å²) in [6, 6.07) is 11.4. The third-order valence-corrected chi connectivity index (χ3v) is 5.22. The van der Waals surface area contributed by atoms with Crippen LogP contribution in [0.4, 0.5) is 0 Å². The molecular weight excluding hydrogens is 384 g/mol. The molecule has 0 aliphatic heterocycles. The summed E-state index contributed by atoms with van der Waals surface area (Å²) in [6.07, 6.45) is 4.47. The Bertz CT molecular complexity index is 812. The van der Waals surface area contributed by atoms with Gasteiger partial charge < -0.3 is 14.2 Å². The van der Waals surface area contributed by atoms with Crippen LogP contribution in [0.25, 0.3) is 6.08 Å². The lowest BCUT2D eigenvalue weighted by molar-refractivity contribution is 0.104. The molecule has 0 spiro atoms. The average molecular weight is 415 g/mol. The van der Waals surface area contributed by atoms with Gasteiger partial charge in [-0.2, -0.15) is 0 Å². The molecule has 0 amide bonds. The van der Waals surface area contributed by atoms with Crippen molar-refractivity contribution < 1.29 is 19.0 Å². The first-order valence-corrected chi connectivity index (χ1v) is 11.1. The van der Waals surface area contributed by atoms with Gasteiger partial charge >= 0.3 is 0 Å². The molecule has 0 saturated heterocycles. The van der Waals surface area contributed by atoms with Gasteiger partial charge in [-0.25, -0.2) is 0 Å². The van der Waals surface area contributed by atoms with E-state index in [4.69, 9.17) is 14.2 Å². The second-order valence-electron chi connectivity index (χ2n) is 6.21. The molecule has 0 N–H and O–H groups in total. The van der Waals surface area contributed by atoms with E-state index >= 15 is 0 Å². The molecule has 2 aromatic carbocycles. The summed E-state index contributed by atoms with van der Waals surface area (Å²) in [5.41, 5.74) is 1.44. The fourth-order valence-corrected chi connectivity index (χ4v) is 3.47. The van der Waals surface area contributed by atoms with E-state index in [-0.39, 0.29) is 5.78 Å². The Morgan fingerprint density at radius 2 is 1.45 bits per heavy atom. The predicted molar refractivity (Wildman–Crippen MR) is 121 cm³/mol. The molecule has 0 heterocycles. The van der Waals surface area contributed by atoms with Gasteiger partial charge in [0.25, 0.3) is 0 Å². The molecule has 0 saturated carbocycles. The van der Waals surface area contributed by atoms with E-state index in [0.717, 1.165) is 17.7 Å². The summed E-state index contributed by atoms with van der Waals surface area (Å²) in [6.45, 7) is 9.51. The minimum absolute atomic E-state index is 0.0497. The van der Waals surface area contributed by atoms with Crippen LogP contribution in [-0.4, -0.2) is 31.4 Å². The number of ketones is 1. The molecule has 4 nitrogen and oxygen atoms in total. The van der Waals surface area contributed by atoms with E-state index in [2.05, 4.69) is 6.92 Å². The predicted octanol–water partition coefficient (Wildman–Crippen LogP) is 6.28. The maximum atomic E-state index is 12.6. The van der Waals surface area contributed by atoms with Crippen LogP contribution in [0.1, 0.15) is 50.0 Å². The van der Waals surface area contributed by atoms with Crippen molar-refractivity contribution in [1.29, 1.82) is 0 Å². The van der Waals surface area contributed by atoms with Gasteiger partial charge in [-0.3, -0.25) is 4.79 Å². The number of thioether (sulfide) groups is 1. The van der Waals surface area contributed by atoms with Gasteiger partial charge in [0, 0.05) is 22.1 Å². The van der Waals surface area contributed by atoms with E-state index < -0.39 is 0 Å². The van der Waals surface area contributed by atoms with E-state index in [1.807, 2.05) is 57.2 Å². The number of ether oxygens (including phenoxy) is 3. The number of allylic oxidation sites excluding steroid dienone is 1. The lowest BCUT2D eigenvalue weighted by Gasteiger charge is -2.15. The number of hydrogen-bond acceptors (Lipinski definition) is 5. The summed E-state index contributed by atoms with van der Waals surface area (Å²) in [4.78, 5) is 13.8. The summed E-state index contributed by atoms with van der Waals surface area (Å²) < 4.78 is 17.1. The van der Waals surface area contributed by atoms with Gasteiger partial charge in [0.15, 0.2) is 17.3 Å². The molecule has 156 valence electrons. The highest BCUT2D eigenvalue weighted by Crippen LogP contribution is 2.36. The lowest BCUT2D eigenvalue weighted by Crippen LogP contribution is -2.01. The Hall–Kier alpha value is -2.40. The molecule has 0 radical (unpaired) electrons. The number of carbonyl (C=O) groups is 1. The monoisotopic (exact) mass is 414 g/mol. The second kappa shape index (κ2) is 12.2. The van der Waals surface area contributed by atoms with Crippen molar-refractivity contribution in [2.24, 2.45) is 0 Å². The van der Waals surface area contributed by atoms with Crippen LogP contribution >= 0.6 is 11.8 Å². The van der Waals surface area contributed by atoms with Gasteiger partial charge in [-0.15, -0.1) is 11.8 Å². The Balaban J connectivity index is 2.24. The van der Waals surface area contributed by atoms with E-state index in [9.17, 15) is 4.79 Å². The van der Waals surface area contributed by atoms with Crippen LogP contribution in [-0.2, 0) is 0 Å². The number of hydrogen-bond donors (Lipinski definition) is 0. The topological polar surface area (TPSA) is 44.8 Å². The van der Waals surface area contributed by atoms with E-state index in [0.29, 0.717) is 42.6 Å². The van der Waals surface area contributed by atoms with Gasteiger partial charge in [0.2, 0.25) is 0 Å². The molecule has 0 bridgehead atoms. The van der Waals surface area contributed by atoms with Crippen LogP contribution in [0.2, 0.25) is 0 Å².